The van der Waals surface area contributed by atoms with E-state index in [1.165, 1.54) is 0 Å². The highest BCUT2D eigenvalue weighted by atomic mass is 16.6. The van der Waals surface area contributed by atoms with Crippen LogP contribution in [0.5, 0.6) is 0 Å². The van der Waals surface area contributed by atoms with Crippen molar-refractivity contribution in [3.8, 4) is 0 Å². The predicted molar refractivity (Wildman–Crippen MR) is 59.1 cm³/mol. The summed E-state index contributed by atoms with van der Waals surface area (Å²) in [4.78, 5) is 23.4. The van der Waals surface area contributed by atoms with E-state index in [0.29, 0.717) is 0 Å². The summed E-state index contributed by atoms with van der Waals surface area (Å²) in [5.74, 6) is -1.97. The summed E-state index contributed by atoms with van der Waals surface area (Å²) in [6, 6.07) is 0. The Kier molecular flexibility index (Phi) is 6.12. The van der Waals surface area contributed by atoms with Crippen molar-refractivity contribution in [2.45, 2.75) is 39.9 Å². The van der Waals surface area contributed by atoms with Crippen molar-refractivity contribution in [2.24, 2.45) is 5.41 Å². The number of aliphatic hydroxyl groups is 2. The molecule has 6 heteroatoms. The summed E-state index contributed by atoms with van der Waals surface area (Å²) in [7, 11) is 0. The van der Waals surface area contributed by atoms with Crippen LogP contribution in [-0.4, -0.2) is 47.6 Å². The van der Waals surface area contributed by atoms with Gasteiger partial charge in [-0.05, 0) is 27.7 Å². The van der Waals surface area contributed by atoms with E-state index in [2.05, 4.69) is 0 Å². The number of aliphatic hydroxyl groups excluding tert-OH is 2. The van der Waals surface area contributed by atoms with E-state index in [0.717, 1.165) is 0 Å². The Labute approximate surface area is 101 Å². The van der Waals surface area contributed by atoms with Crippen LogP contribution in [0, 0.1) is 5.41 Å². The van der Waals surface area contributed by atoms with Gasteiger partial charge in [0, 0.05) is 0 Å². The molecule has 0 amide bonds. The van der Waals surface area contributed by atoms with E-state index in [1.807, 2.05) is 0 Å². The number of hydrogen-bond acceptors (Lipinski definition) is 6. The minimum Gasteiger partial charge on any atom is -0.462 e. The van der Waals surface area contributed by atoms with Crippen LogP contribution in [0.4, 0.5) is 0 Å². The zero-order chi connectivity index (χ0) is 13.6. The van der Waals surface area contributed by atoms with Gasteiger partial charge in [-0.1, -0.05) is 0 Å². The van der Waals surface area contributed by atoms with Crippen LogP contribution >= 0.6 is 0 Å². The van der Waals surface area contributed by atoms with Crippen LogP contribution in [0.25, 0.3) is 0 Å². The molecule has 0 radical (unpaired) electrons. The third-order valence-corrected chi connectivity index (χ3v) is 2.01. The first-order valence-corrected chi connectivity index (χ1v) is 5.44. The van der Waals surface area contributed by atoms with Crippen LogP contribution in [0.15, 0.2) is 0 Å². The molecule has 0 saturated carbocycles. The van der Waals surface area contributed by atoms with Gasteiger partial charge < -0.3 is 19.7 Å². The fraction of sp³-hybridized carbons (Fsp3) is 0.818. The molecule has 0 aromatic carbocycles. The van der Waals surface area contributed by atoms with Gasteiger partial charge >= 0.3 is 11.9 Å². The largest absolute Gasteiger partial charge is 0.462 e. The van der Waals surface area contributed by atoms with Crippen molar-refractivity contribution in [2.75, 3.05) is 13.2 Å². The quantitative estimate of drug-likeness (QED) is 0.502. The van der Waals surface area contributed by atoms with Gasteiger partial charge in [-0.25, -0.2) is 0 Å². The van der Waals surface area contributed by atoms with Crippen molar-refractivity contribution in [1.29, 1.82) is 0 Å². The molecule has 6 nitrogen and oxygen atoms in total. The number of carbonyl (C=O) groups excluding carboxylic acids is 2. The Morgan fingerprint density at radius 2 is 1.24 bits per heavy atom. The highest BCUT2D eigenvalue weighted by molar-refractivity contribution is 6.00. The Balaban J connectivity index is 5.01. The van der Waals surface area contributed by atoms with Gasteiger partial charge in [0.1, 0.15) is 0 Å². The molecule has 0 spiro atoms. The first-order valence-electron chi connectivity index (χ1n) is 5.44. The van der Waals surface area contributed by atoms with E-state index < -0.39 is 42.8 Å². The third-order valence-electron chi connectivity index (χ3n) is 2.01. The van der Waals surface area contributed by atoms with E-state index in [-0.39, 0.29) is 0 Å². The minimum atomic E-state index is -2.05. The highest BCUT2D eigenvalue weighted by Gasteiger charge is 2.49. The van der Waals surface area contributed by atoms with E-state index >= 15 is 0 Å². The number of carbonyl (C=O) groups is 2. The van der Waals surface area contributed by atoms with Crippen molar-refractivity contribution in [1.82, 2.24) is 0 Å². The highest BCUT2D eigenvalue weighted by Crippen LogP contribution is 2.22. The number of ether oxygens (including phenoxy) is 2. The molecule has 0 rings (SSSR count). The molecule has 0 aliphatic rings. The minimum absolute atomic E-state index is 0.452. The topological polar surface area (TPSA) is 93.1 Å². The van der Waals surface area contributed by atoms with Crippen LogP contribution < -0.4 is 0 Å². The molecule has 2 N–H and O–H groups in total. The first kappa shape index (κ1) is 15.9. The molecule has 0 fully saturated rings. The lowest BCUT2D eigenvalue weighted by molar-refractivity contribution is -0.183. The van der Waals surface area contributed by atoms with Gasteiger partial charge in [0.15, 0.2) is 0 Å². The smallest absolute Gasteiger partial charge is 0.328 e. The summed E-state index contributed by atoms with van der Waals surface area (Å²) < 4.78 is 9.68. The van der Waals surface area contributed by atoms with Gasteiger partial charge in [-0.2, -0.15) is 0 Å². The maximum absolute atomic E-state index is 11.7. The van der Waals surface area contributed by atoms with Gasteiger partial charge in [-0.15, -0.1) is 0 Å². The molecular formula is C11H20O6. The number of rotatable bonds is 6. The summed E-state index contributed by atoms with van der Waals surface area (Å²) >= 11 is 0. The average molecular weight is 248 g/mol. The summed E-state index contributed by atoms with van der Waals surface area (Å²) in [6.07, 6.45) is -0.904. The zero-order valence-electron chi connectivity index (χ0n) is 10.6. The van der Waals surface area contributed by atoms with E-state index in [4.69, 9.17) is 9.47 Å². The Morgan fingerprint density at radius 1 is 0.941 bits per heavy atom. The van der Waals surface area contributed by atoms with Crippen LogP contribution in [-0.2, 0) is 19.1 Å². The second-order valence-electron chi connectivity index (χ2n) is 4.31. The average Bonchev–Trinajstić information content (AvgIpc) is 2.17. The summed E-state index contributed by atoms with van der Waals surface area (Å²) in [5.41, 5.74) is -2.05. The fourth-order valence-corrected chi connectivity index (χ4v) is 1.05. The maximum Gasteiger partial charge on any atom is 0.328 e. The normalized spacial score (nSPS) is 11.8. The standard InChI is InChI=1S/C11H20O6/c1-7(2)16-9(14)11(5-12,6-13)10(15)17-8(3)4/h7-8,12-13H,5-6H2,1-4H3. The van der Waals surface area contributed by atoms with E-state index in [1.54, 1.807) is 27.7 Å². The molecule has 0 atom stereocenters. The molecule has 0 heterocycles. The number of esters is 2. The van der Waals surface area contributed by atoms with Gasteiger partial charge in [0.05, 0.1) is 25.4 Å². The van der Waals surface area contributed by atoms with Gasteiger partial charge in [-0.3, -0.25) is 9.59 Å². The van der Waals surface area contributed by atoms with Crippen molar-refractivity contribution in [3.63, 3.8) is 0 Å². The third kappa shape index (κ3) is 3.98. The fourth-order valence-electron chi connectivity index (χ4n) is 1.05. The Morgan fingerprint density at radius 3 is 1.41 bits per heavy atom. The predicted octanol–water partition coefficient (Wildman–Crippen LogP) is -0.139. The molecule has 0 saturated heterocycles. The molecule has 17 heavy (non-hydrogen) atoms. The maximum atomic E-state index is 11.7. The molecule has 0 aliphatic carbocycles. The van der Waals surface area contributed by atoms with Crippen LogP contribution in [0.1, 0.15) is 27.7 Å². The van der Waals surface area contributed by atoms with Crippen LogP contribution in [0.2, 0.25) is 0 Å². The molecule has 100 valence electrons. The van der Waals surface area contributed by atoms with Crippen molar-refractivity contribution < 1.29 is 29.3 Å². The lowest BCUT2D eigenvalue weighted by Gasteiger charge is -2.27. The van der Waals surface area contributed by atoms with E-state index in [9.17, 15) is 19.8 Å². The lowest BCUT2D eigenvalue weighted by Crippen LogP contribution is -2.49. The van der Waals surface area contributed by atoms with Crippen molar-refractivity contribution >= 4 is 11.9 Å². The molecule has 0 aromatic heterocycles. The Bertz CT molecular complexity index is 243. The van der Waals surface area contributed by atoms with Crippen molar-refractivity contribution in [3.05, 3.63) is 0 Å². The molecule has 0 bridgehead atoms. The molecule has 0 unspecified atom stereocenters. The molecule has 0 aromatic rings. The summed E-state index contributed by atoms with van der Waals surface area (Å²) in [6.45, 7) is 4.69. The second-order valence-corrected chi connectivity index (χ2v) is 4.31. The van der Waals surface area contributed by atoms with Crippen LogP contribution in [0.3, 0.4) is 0 Å². The number of hydrogen-bond donors (Lipinski definition) is 2. The summed E-state index contributed by atoms with van der Waals surface area (Å²) in [5, 5.41) is 18.4. The lowest BCUT2D eigenvalue weighted by atomic mass is 9.90. The zero-order valence-corrected chi connectivity index (χ0v) is 10.6. The van der Waals surface area contributed by atoms with Gasteiger partial charge in [0.25, 0.3) is 0 Å². The SMILES string of the molecule is CC(C)OC(=O)C(CO)(CO)C(=O)OC(C)C. The molecular weight excluding hydrogens is 228 g/mol. The van der Waals surface area contributed by atoms with Gasteiger partial charge in [0.2, 0.25) is 5.41 Å². The monoisotopic (exact) mass is 248 g/mol. The second kappa shape index (κ2) is 6.56. The molecule has 0 aliphatic heterocycles. The Hall–Kier alpha value is -1.14. The first-order chi connectivity index (χ1) is 7.80.